The predicted molar refractivity (Wildman–Crippen MR) is 48.4 cm³/mol. The minimum Gasteiger partial charge on any atom is -0.508 e. The molecule has 3 N–H and O–H groups in total. The van der Waals surface area contributed by atoms with Crippen LogP contribution in [0.4, 0.5) is 0 Å². The van der Waals surface area contributed by atoms with Gasteiger partial charge in [0.2, 0.25) is 0 Å². The van der Waals surface area contributed by atoms with Gasteiger partial charge in [0.1, 0.15) is 5.75 Å². The summed E-state index contributed by atoms with van der Waals surface area (Å²) in [7, 11) is 0. The van der Waals surface area contributed by atoms with Crippen molar-refractivity contribution in [2.24, 2.45) is 5.73 Å². The maximum atomic E-state index is 9.31. The Morgan fingerprint density at radius 2 is 2.18 bits per heavy atom. The van der Waals surface area contributed by atoms with Crippen molar-refractivity contribution < 1.29 is 5.11 Å². The molecule has 60 valence electrons. The van der Waals surface area contributed by atoms with Gasteiger partial charge in [-0.25, -0.2) is 0 Å². The van der Waals surface area contributed by atoms with Gasteiger partial charge in [-0.15, -0.1) is 0 Å². The van der Waals surface area contributed by atoms with Crippen LogP contribution in [0, 0.1) is 6.92 Å². The molecule has 3 heteroatoms. The topological polar surface area (TPSA) is 46.2 Å². The van der Waals surface area contributed by atoms with E-state index < -0.39 is 0 Å². The second-order valence-corrected chi connectivity index (χ2v) is 3.19. The standard InChI is InChI=1S/C8H10BrNO/c1-5-2-3-7(11)6(4-10)8(5)9/h2-3,11H,4,10H2,1H3. The molecule has 0 fully saturated rings. The van der Waals surface area contributed by atoms with Gasteiger partial charge < -0.3 is 10.8 Å². The summed E-state index contributed by atoms with van der Waals surface area (Å²) in [6.07, 6.45) is 0. The molecule has 0 saturated heterocycles. The van der Waals surface area contributed by atoms with Gasteiger partial charge in [0.05, 0.1) is 0 Å². The van der Waals surface area contributed by atoms with E-state index in [9.17, 15) is 5.11 Å². The van der Waals surface area contributed by atoms with Crippen LogP contribution in [0.5, 0.6) is 5.75 Å². The lowest BCUT2D eigenvalue weighted by atomic mass is 10.1. The molecule has 0 aliphatic heterocycles. The Labute approximate surface area is 74.2 Å². The number of halogens is 1. The van der Waals surface area contributed by atoms with Gasteiger partial charge in [-0.05, 0) is 18.6 Å². The number of rotatable bonds is 1. The molecule has 0 amide bonds. The summed E-state index contributed by atoms with van der Waals surface area (Å²) >= 11 is 3.35. The molecule has 1 rings (SSSR count). The highest BCUT2D eigenvalue weighted by atomic mass is 79.9. The van der Waals surface area contributed by atoms with E-state index in [4.69, 9.17) is 5.73 Å². The van der Waals surface area contributed by atoms with Gasteiger partial charge in [0.15, 0.2) is 0 Å². The van der Waals surface area contributed by atoms with E-state index in [0.29, 0.717) is 6.54 Å². The average Bonchev–Trinajstić information content (AvgIpc) is 1.99. The van der Waals surface area contributed by atoms with Crippen LogP contribution in [0.1, 0.15) is 11.1 Å². The summed E-state index contributed by atoms with van der Waals surface area (Å²) in [6.45, 7) is 2.32. The Morgan fingerprint density at radius 3 is 2.64 bits per heavy atom. The third kappa shape index (κ3) is 1.54. The zero-order chi connectivity index (χ0) is 8.43. The normalized spacial score (nSPS) is 10.1. The van der Waals surface area contributed by atoms with E-state index in [1.54, 1.807) is 6.07 Å². The van der Waals surface area contributed by atoms with E-state index in [0.717, 1.165) is 15.6 Å². The van der Waals surface area contributed by atoms with Crippen LogP contribution in [-0.4, -0.2) is 5.11 Å². The first-order chi connectivity index (χ1) is 5.16. The highest BCUT2D eigenvalue weighted by Crippen LogP contribution is 2.28. The Balaban J connectivity index is 3.29. The van der Waals surface area contributed by atoms with Crippen molar-refractivity contribution in [1.82, 2.24) is 0 Å². The molecule has 0 spiro atoms. The molecule has 0 radical (unpaired) electrons. The molecule has 0 aromatic heterocycles. The van der Waals surface area contributed by atoms with Crippen LogP contribution >= 0.6 is 15.9 Å². The third-order valence-corrected chi connectivity index (χ3v) is 2.72. The maximum absolute atomic E-state index is 9.31. The SMILES string of the molecule is Cc1ccc(O)c(CN)c1Br. The van der Waals surface area contributed by atoms with Crippen LogP contribution < -0.4 is 5.73 Å². The number of phenols is 1. The van der Waals surface area contributed by atoms with Crippen LogP contribution in [-0.2, 0) is 6.54 Å². The summed E-state index contributed by atoms with van der Waals surface area (Å²) in [5, 5.41) is 9.31. The second kappa shape index (κ2) is 3.24. The van der Waals surface area contributed by atoms with Gasteiger partial charge in [-0.1, -0.05) is 22.0 Å². The number of hydrogen-bond donors (Lipinski definition) is 2. The van der Waals surface area contributed by atoms with Crippen molar-refractivity contribution in [2.75, 3.05) is 0 Å². The minimum atomic E-state index is 0.255. The number of aryl methyl sites for hydroxylation is 1. The van der Waals surface area contributed by atoms with E-state index in [-0.39, 0.29) is 5.75 Å². The Morgan fingerprint density at radius 1 is 1.55 bits per heavy atom. The second-order valence-electron chi connectivity index (χ2n) is 2.40. The van der Waals surface area contributed by atoms with E-state index in [1.165, 1.54) is 0 Å². The smallest absolute Gasteiger partial charge is 0.121 e. The number of benzene rings is 1. The largest absolute Gasteiger partial charge is 0.508 e. The zero-order valence-electron chi connectivity index (χ0n) is 6.26. The quantitative estimate of drug-likeness (QED) is 0.753. The third-order valence-electron chi connectivity index (χ3n) is 1.62. The molecule has 0 unspecified atom stereocenters. The monoisotopic (exact) mass is 215 g/mol. The fourth-order valence-corrected chi connectivity index (χ4v) is 1.42. The molecule has 0 aliphatic carbocycles. The number of phenolic OH excluding ortho intramolecular Hbond substituents is 1. The minimum absolute atomic E-state index is 0.255. The van der Waals surface area contributed by atoms with Crippen molar-refractivity contribution >= 4 is 15.9 Å². The van der Waals surface area contributed by atoms with Gasteiger partial charge in [-0.3, -0.25) is 0 Å². The molecule has 0 atom stereocenters. The first-order valence-electron chi connectivity index (χ1n) is 3.34. The highest BCUT2D eigenvalue weighted by molar-refractivity contribution is 9.10. The predicted octanol–water partition coefficient (Wildman–Crippen LogP) is 1.92. The molecule has 0 heterocycles. The van der Waals surface area contributed by atoms with Gasteiger partial charge >= 0.3 is 0 Å². The average molecular weight is 216 g/mol. The van der Waals surface area contributed by atoms with Gasteiger partial charge in [0, 0.05) is 16.6 Å². The van der Waals surface area contributed by atoms with Crippen LogP contribution in [0.25, 0.3) is 0 Å². The number of hydrogen-bond acceptors (Lipinski definition) is 2. The van der Waals surface area contributed by atoms with Crippen LogP contribution in [0.15, 0.2) is 16.6 Å². The number of nitrogens with two attached hydrogens (primary N) is 1. The molecule has 2 nitrogen and oxygen atoms in total. The summed E-state index contributed by atoms with van der Waals surface area (Å²) in [5.74, 6) is 0.255. The van der Waals surface area contributed by atoms with Crippen LogP contribution in [0.2, 0.25) is 0 Å². The van der Waals surface area contributed by atoms with Crippen molar-refractivity contribution in [3.05, 3.63) is 27.7 Å². The molecule has 11 heavy (non-hydrogen) atoms. The van der Waals surface area contributed by atoms with E-state index in [1.807, 2.05) is 13.0 Å². The zero-order valence-corrected chi connectivity index (χ0v) is 7.85. The van der Waals surface area contributed by atoms with E-state index in [2.05, 4.69) is 15.9 Å². The summed E-state index contributed by atoms with van der Waals surface area (Å²) in [5.41, 5.74) is 7.29. The fraction of sp³-hybridized carbons (Fsp3) is 0.250. The van der Waals surface area contributed by atoms with Crippen molar-refractivity contribution in [3.8, 4) is 5.75 Å². The Bertz CT molecular complexity index is 273. The van der Waals surface area contributed by atoms with Gasteiger partial charge in [-0.2, -0.15) is 0 Å². The first-order valence-corrected chi connectivity index (χ1v) is 4.13. The maximum Gasteiger partial charge on any atom is 0.121 e. The van der Waals surface area contributed by atoms with Gasteiger partial charge in [0.25, 0.3) is 0 Å². The molecule has 1 aromatic rings. The number of aromatic hydroxyl groups is 1. The molecule has 1 aromatic carbocycles. The fourth-order valence-electron chi connectivity index (χ4n) is 0.922. The highest BCUT2D eigenvalue weighted by Gasteiger charge is 2.05. The first kappa shape index (κ1) is 8.56. The molecule has 0 bridgehead atoms. The van der Waals surface area contributed by atoms with Crippen molar-refractivity contribution in [2.45, 2.75) is 13.5 Å². The lowest BCUT2D eigenvalue weighted by molar-refractivity contribution is 0.467. The van der Waals surface area contributed by atoms with E-state index >= 15 is 0 Å². The van der Waals surface area contributed by atoms with Crippen molar-refractivity contribution in [1.29, 1.82) is 0 Å². The molecule has 0 aliphatic rings. The van der Waals surface area contributed by atoms with Crippen molar-refractivity contribution in [3.63, 3.8) is 0 Å². The van der Waals surface area contributed by atoms with Crippen LogP contribution in [0.3, 0.4) is 0 Å². The molecular weight excluding hydrogens is 206 g/mol. The molecule has 0 saturated carbocycles. The summed E-state index contributed by atoms with van der Waals surface area (Å²) in [4.78, 5) is 0. The summed E-state index contributed by atoms with van der Waals surface area (Å²) < 4.78 is 0.903. The lowest BCUT2D eigenvalue weighted by Gasteiger charge is -2.06. The molecular formula is C8H10BrNO. The Kier molecular flexibility index (Phi) is 2.52. The Hall–Kier alpha value is -0.540. The lowest BCUT2D eigenvalue weighted by Crippen LogP contribution is -1.98. The summed E-state index contributed by atoms with van der Waals surface area (Å²) in [6, 6.07) is 3.50.